The molecule has 0 bridgehead atoms. The largest absolute Gasteiger partial charge is 0.302 e. The zero-order valence-electron chi connectivity index (χ0n) is 16.3. The van der Waals surface area contributed by atoms with E-state index >= 15 is 0 Å². The van der Waals surface area contributed by atoms with Crippen LogP contribution in [0.1, 0.15) is 42.3 Å². The Labute approximate surface area is 164 Å². The molecule has 0 aliphatic heterocycles. The lowest BCUT2D eigenvalue weighted by atomic mass is 9.86. The molecule has 0 unspecified atom stereocenters. The molecule has 0 aliphatic carbocycles. The van der Waals surface area contributed by atoms with Crippen LogP contribution in [0.2, 0.25) is 0 Å². The third-order valence-corrected chi connectivity index (χ3v) is 4.48. The van der Waals surface area contributed by atoms with Crippen molar-refractivity contribution in [3.63, 3.8) is 0 Å². The van der Waals surface area contributed by atoms with Crippen molar-refractivity contribution in [3.05, 3.63) is 77.7 Å². The van der Waals surface area contributed by atoms with Crippen molar-refractivity contribution in [2.24, 2.45) is 0 Å². The number of carbonyl (C=O) groups is 2. The highest BCUT2D eigenvalue weighted by Gasteiger charge is 2.19. The molecule has 1 aromatic carbocycles. The van der Waals surface area contributed by atoms with Crippen molar-refractivity contribution >= 4 is 17.5 Å². The van der Waals surface area contributed by atoms with E-state index in [1.165, 1.54) is 0 Å². The van der Waals surface area contributed by atoms with E-state index in [9.17, 15) is 9.59 Å². The monoisotopic (exact) mass is 376 g/mol. The van der Waals surface area contributed by atoms with Gasteiger partial charge in [-0.15, -0.1) is 0 Å². The van der Waals surface area contributed by atoms with E-state index in [4.69, 9.17) is 0 Å². The molecule has 28 heavy (non-hydrogen) atoms. The summed E-state index contributed by atoms with van der Waals surface area (Å²) in [6.45, 7) is 6.97. The minimum atomic E-state index is -0.692. The lowest BCUT2D eigenvalue weighted by Gasteiger charge is -2.18. The van der Waals surface area contributed by atoms with Crippen LogP contribution in [-0.4, -0.2) is 26.5 Å². The van der Waals surface area contributed by atoms with Crippen LogP contribution in [0.15, 0.2) is 61.1 Å². The minimum Gasteiger partial charge on any atom is -0.302 e. The van der Waals surface area contributed by atoms with Crippen LogP contribution < -0.4 is 5.32 Å². The topological polar surface area (TPSA) is 76.9 Å². The number of nitrogens with zero attached hydrogens (tertiary/aromatic N) is 3. The summed E-state index contributed by atoms with van der Waals surface area (Å²) in [6.07, 6.45) is 6.09. The van der Waals surface area contributed by atoms with E-state index in [0.717, 1.165) is 17.5 Å². The van der Waals surface area contributed by atoms with Gasteiger partial charge in [0.15, 0.2) is 5.82 Å². The van der Waals surface area contributed by atoms with Gasteiger partial charge in [0, 0.05) is 36.8 Å². The smallest absolute Gasteiger partial charge is 0.297 e. The molecule has 0 aliphatic rings. The Balaban J connectivity index is 1.58. The first-order valence-electron chi connectivity index (χ1n) is 9.21. The van der Waals surface area contributed by atoms with Gasteiger partial charge < -0.3 is 5.32 Å². The van der Waals surface area contributed by atoms with E-state index in [1.54, 1.807) is 41.5 Å². The second-order valence-corrected chi connectivity index (χ2v) is 7.68. The van der Waals surface area contributed by atoms with Crippen LogP contribution in [0.25, 0.3) is 0 Å². The van der Waals surface area contributed by atoms with Gasteiger partial charge in [-0.3, -0.25) is 19.3 Å². The Morgan fingerprint density at radius 3 is 2.32 bits per heavy atom. The number of nitrogens with one attached hydrogen (secondary N) is 1. The van der Waals surface area contributed by atoms with Gasteiger partial charge in [-0.2, -0.15) is 5.10 Å². The summed E-state index contributed by atoms with van der Waals surface area (Å²) < 4.78 is 1.73. The Morgan fingerprint density at radius 2 is 1.68 bits per heavy atom. The molecule has 3 aromatic rings. The van der Waals surface area contributed by atoms with Crippen LogP contribution in [0.4, 0.5) is 5.82 Å². The molecule has 0 fully saturated rings. The molecule has 2 aromatic heterocycles. The van der Waals surface area contributed by atoms with Gasteiger partial charge in [-0.25, -0.2) is 0 Å². The molecule has 0 atom stereocenters. The van der Waals surface area contributed by atoms with Gasteiger partial charge in [0.2, 0.25) is 0 Å². The van der Waals surface area contributed by atoms with Gasteiger partial charge in [0.1, 0.15) is 0 Å². The summed E-state index contributed by atoms with van der Waals surface area (Å²) in [6, 6.07) is 12.7. The summed E-state index contributed by atoms with van der Waals surface area (Å²) in [5, 5.41) is 6.88. The Morgan fingerprint density at radius 1 is 1.00 bits per heavy atom. The van der Waals surface area contributed by atoms with Gasteiger partial charge in [0.05, 0.1) is 0 Å². The molecule has 0 saturated heterocycles. The van der Waals surface area contributed by atoms with Crippen LogP contribution in [0, 0.1) is 0 Å². The van der Waals surface area contributed by atoms with Gasteiger partial charge in [-0.1, -0.05) is 45.0 Å². The van der Waals surface area contributed by atoms with Crippen LogP contribution in [0.5, 0.6) is 0 Å². The summed E-state index contributed by atoms with van der Waals surface area (Å²) in [4.78, 5) is 28.6. The molecule has 6 heteroatoms. The van der Waals surface area contributed by atoms with Crippen LogP contribution in [0.3, 0.4) is 0 Å². The molecule has 3 rings (SSSR count). The number of amides is 1. The molecular formula is C22H24N4O2. The maximum absolute atomic E-state index is 12.4. The maximum atomic E-state index is 12.4. The van der Waals surface area contributed by atoms with Crippen molar-refractivity contribution in [2.75, 3.05) is 5.32 Å². The number of pyridine rings is 1. The molecule has 1 N–H and O–H groups in total. The first-order valence-corrected chi connectivity index (χ1v) is 9.21. The maximum Gasteiger partial charge on any atom is 0.297 e. The first kappa shape index (κ1) is 19.5. The fourth-order valence-corrected chi connectivity index (χ4v) is 2.77. The van der Waals surface area contributed by atoms with E-state index in [2.05, 4.69) is 36.2 Å². The lowest BCUT2D eigenvalue weighted by Crippen LogP contribution is -2.23. The third-order valence-electron chi connectivity index (χ3n) is 4.48. The highest BCUT2D eigenvalue weighted by atomic mass is 16.2. The molecule has 144 valence electrons. The standard InChI is InChI=1S/C22H24N4O2/c1-22(2,3)18-6-4-17(5-7-18)20(27)21(28)24-19-11-15-26(25-19)14-10-16-8-12-23-13-9-16/h4-9,11-13,15H,10,14H2,1-3H3,(H,24,25,28). The molecule has 6 nitrogen and oxygen atoms in total. The summed E-state index contributed by atoms with van der Waals surface area (Å²) in [5.41, 5.74) is 2.62. The Hall–Kier alpha value is -3.28. The van der Waals surface area contributed by atoms with E-state index < -0.39 is 11.7 Å². The number of aromatic nitrogens is 3. The highest BCUT2D eigenvalue weighted by molar-refractivity contribution is 6.46. The Bertz CT molecular complexity index is 954. The number of anilines is 1. The SMILES string of the molecule is CC(C)(C)c1ccc(C(=O)C(=O)Nc2ccn(CCc3ccncc3)n2)cc1. The fraction of sp³-hybridized carbons (Fsp3) is 0.273. The zero-order chi connectivity index (χ0) is 20.1. The number of carbonyl (C=O) groups excluding carboxylic acids is 2. The second kappa shape index (κ2) is 8.17. The quantitative estimate of drug-likeness (QED) is 0.526. The second-order valence-electron chi connectivity index (χ2n) is 7.68. The number of benzene rings is 1. The van der Waals surface area contributed by atoms with Gasteiger partial charge in [-0.05, 0) is 35.1 Å². The highest BCUT2D eigenvalue weighted by Crippen LogP contribution is 2.22. The normalized spacial score (nSPS) is 11.2. The number of hydrogen-bond acceptors (Lipinski definition) is 4. The fourth-order valence-electron chi connectivity index (χ4n) is 2.77. The molecule has 0 radical (unpaired) electrons. The third kappa shape index (κ3) is 4.91. The average molecular weight is 376 g/mol. The van der Waals surface area contributed by atoms with Crippen molar-refractivity contribution in [1.29, 1.82) is 0 Å². The summed E-state index contributed by atoms with van der Waals surface area (Å²) >= 11 is 0. The van der Waals surface area contributed by atoms with E-state index in [1.807, 2.05) is 24.3 Å². The summed E-state index contributed by atoms with van der Waals surface area (Å²) in [5.74, 6) is -0.908. The van der Waals surface area contributed by atoms with E-state index in [0.29, 0.717) is 17.9 Å². The molecule has 0 spiro atoms. The number of rotatable bonds is 6. The van der Waals surface area contributed by atoms with Crippen molar-refractivity contribution in [2.45, 2.75) is 39.2 Å². The molecule has 1 amide bonds. The van der Waals surface area contributed by atoms with Crippen molar-refractivity contribution in [1.82, 2.24) is 14.8 Å². The minimum absolute atomic E-state index is 0.00701. The number of aryl methyl sites for hydroxylation is 2. The molecule has 0 saturated carbocycles. The van der Waals surface area contributed by atoms with Gasteiger partial charge in [0.25, 0.3) is 11.7 Å². The lowest BCUT2D eigenvalue weighted by molar-refractivity contribution is -0.112. The predicted octanol–water partition coefficient (Wildman–Crippen LogP) is 3.64. The predicted molar refractivity (Wildman–Crippen MR) is 108 cm³/mol. The Kier molecular flexibility index (Phi) is 5.68. The van der Waals surface area contributed by atoms with Crippen LogP contribution >= 0.6 is 0 Å². The molecule has 2 heterocycles. The van der Waals surface area contributed by atoms with E-state index in [-0.39, 0.29) is 5.41 Å². The van der Waals surface area contributed by atoms with Gasteiger partial charge >= 0.3 is 0 Å². The average Bonchev–Trinajstić information content (AvgIpc) is 3.13. The molecular weight excluding hydrogens is 352 g/mol. The van der Waals surface area contributed by atoms with Crippen molar-refractivity contribution in [3.8, 4) is 0 Å². The zero-order valence-corrected chi connectivity index (χ0v) is 16.3. The summed E-state index contributed by atoms with van der Waals surface area (Å²) in [7, 11) is 0. The number of Topliss-reactive ketones (excluding diaryl/α,β-unsaturated/α-hetero) is 1. The first-order chi connectivity index (χ1) is 13.3. The van der Waals surface area contributed by atoms with Crippen molar-refractivity contribution < 1.29 is 9.59 Å². The van der Waals surface area contributed by atoms with Crippen LogP contribution in [-0.2, 0) is 23.2 Å². The number of hydrogen-bond donors (Lipinski definition) is 1. The number of ketones is 1.